The molecule has 0 fully saturated rings. The summed E-state index contributed by atoms with van der Waals surface area (Å²) in [6.45, 7) is 0.802. The zero-order valence-corrected chi connectivity index (χ0v) is 13.9. The van der Waals surface area contributed by atoms with Crippen molar-refractivity contribution in [2.45, 2.75) is 0 Å². The van der Waals surface area contributed by atoms with E-state index in [1.54, 1.807) is 42.5 Å². The first-order valence-electron chi connectivity index (χ1n) is 7.60. The van der Waals surface area contributed by atoms with E-state index < -0.39 is 6.03 Å². The Kier molecular flexibility index (Phi) is 5.25. The predicted octanol–water partition coefficient (Wildman–Crippen LogP) is 2.87. The number of ether oxygens (including phenoxy) is 2. The van der Waals surface area contributed by atoms with Gasteiger partial charge in [-0.25, -0.2) is 4.79 Å². The van der Waals surface area contributed by atoms with Crippen molar-refractivity contribution in [1.82, 2.24) is 5.32 Å². The van der Waals surface area contributed by atoms with Crippen molar-refractivity contribution in [3.8, 4) is 11.5 Å². The summed E-state index contributed by atoms with van der Waals surface area (Å²) in [5, 5.41) is 8.34. The van der Waals surface area contributed by atoms with E-state index in [-0.39, 0.29) is 12.5 Å². The van der Waals surface area contributed by atoms with Crippen molar-refractivity contribution in [3.63, 3.8) is 0 Å². The molecule has 0 aliphatic carbocycles. The number of amides is 3. The van der Waals surface area contributed by atoms with E-state index in [4.69, 9.17) is 21.1 Å². The van der Waals surface area contributed by atoms with Crippen LogP contribution in [0, 0.1) is 0 Å². The molecule has 3 rings (SSSR count). The maximum Gasteiger partial charge on any atom is 0.319 e. The fraction of sp³-hybridized carbons (Fsp3) is 0.176. The predicted molar refractivity (Wildman–Crippen MR) is 94.5 cm³/mol. The van der Waals surface area contributed by atoms with E-state index in [0.29, 0.717) is 41.1 Å². The van der Waals surface area contributed by atoms with Gasteiger partial charge in [0.25, 0.3) is 0 Å². The van der Waals surface area contributed by atoms with Crippen LogP contribution in [0.15, 0.2) is 42.5 Å². The summed E-state index contributed by atoms with van der Waals surface area (Å²) in [5.74, 6) is 0.866. The van der Waals surface area contributed by atoms with Gasteiger partial charge in [-0.15, -0.1) is 0 Å². The molecule has 0 bridgehead atoms. The Hall–Kier alpha value is -2.93. The fourth-order valence-electron chi connectivity index (χ4n) is 2.20. The van der Waals surface area contributed by atoms with Crippen LogP contribution < -0.4 is 25.4 Å². The minimum absolute atomic E-state index is 0.173. The molecule has 1 aliphatic heterocycles. The number of hydrogen-bond donors (Lipinski definition) is 3. The van der Waals surface area contributed by atoms with Crippen molar-refractivity contribution in [2.75, 3.05) is 30.4 Å². The van der Waals surface area contributed by atoms with Crippen LogP contribution in [0.3, 0.4) is 0 Å². The number of nitrogens with one attached hydrogen (secondary N) is 3. The Morgan fingerprint density at radius 2 is 1.60 bits per heavy atom. The molecular formula is C17H16ClN3O4. The Balaban J connectivity index is 1.47. The Morgan fingerprint density at radius 1 is 0.920 bits per heavy atom. The molecule has 1 aliphatic rings. The molecular weight excluding hydrogens is 346 g/mol. The molecule has 25 heavy (non-hydrogen) atoms. The molecule has 0 radical (unpaired) electrons. The molecule has 2 aromatic carbocycles. The van der Waals surface area contributed by atoms with Crippen LogP contribution in [0.25, 0.3) is 0 Å². The van der Waals surface area contributed by atoms with Crippen LogP contribution in [0.5, 0.6) is 11.5 Å². The van der Waals surface area contributed by atoms with Gasteiger partial charge in [-0.1, -0.05) is 11.6 Å². The summed E-state index contributed by atoms with van der Waals surface area (Å²) < 4.78 is 10.9. The molecule has 7 nitrogen and oxygen atoms in total. The number of urea groups is 1. The van der Waals surface area contributed by atoms with Gasteiger partial charge in [0, 0.05) is 22.5 Å². The molecule has 2 aromatic rings. The number of carbonyl (C=O) groups is 2. The van der Waals surface area contributed by atoms with Gasteiger partial charge in [0.1, 0.15) is 13.2 Å². The number of halogens is 1. The highest BCUT2D eigenvalue weighted by Gasteiger charge is 2.13. The maximum absolute atomic E-state index is 11.9. The molecule has 8 heteroatoms. The summed E-state index contributed by atoms with van der Waals surface area (Å²) >= 11 is 5.77. The normalized spacial score (nSPS) is 12.2. The zero-order valence-electron chi connectivity index (χ0n) is 13.2. The lowest BCUT2D eigenvalue weighted by molar-refractivity contribution is -0.115. The molecule has 0 saturated heterocycles. The van der Waals surface area contributed by atoms with Gasteiger partial charge in [0.05, 0.1) is 6.54 Å². The number of benzene rings is 2. The fourth-order valence-corrected chi connectivity index (χ4v) is 2.32. The highest BCUT2D eigenvalue weighted by molar-refractivity contribution is 6.30. The lowest BCUT2D eigenvalue weighted by Gasteiger charge is -2.19. The third-order valence-corrected chi connectivity index (χ3v) is 3.59. The molecule has 0 spiro atoms. The van der Waals surface area contributed by atoms with Crippen molar-refractivity contribution in [3.05, 3.63) is 47.5 Å². The van der Waals surface area contributed by atoms with Gasteiger partial charge in [-0.3, -0.25) is 4.79 Å². The smallest absolute Gasteiger partial charge is 0.319 e. The van der Waals surface area contributed by atoms with Crippen molar-refractivity contribution in [1.29, 1.82) is 0 Å². The first kappa shape index (κ1) is 16.9. The first-order valence-corrected chi connectivity index (χ1v) is 7.98. The molecule has 1 heterocycles. The van der Waals surface area contributed by atoms with Crippen molar-refractivity contribution in [2.24, 2.45) is 0 Å². The maximum atomic E-state index is 11.9. The molecule has 0 aromatic heterocycles. The largest absolute Gasteiger partial charge is 0.486 e. The van der Waals surface area contributed by atoms with Crippen molar-refractivity contribution < 1.29 is 19.1 Å². The average Bonchev–Trinajstić information content (AvgIpc) is 2.62. The van der Waals surface area contributed by atoms with E-state index in [2.05, 4.69) is 16.0 Å². The summed E-state index contributed by atoms with van der Waals surface area (Å²) in [4.78, 5) is 23.7. The van der Waals surface area contributed by atoms with Gasteiger partial charge < -0.3 is 25.4 Å². The minimum atomic E-state index is -0.486. The lowest BCUT2D eigenvalue weighted by Crippen LogP contribution is -2.35. The van der Waals surface area contributed by atoms with Crippen LogP contribution in [-0.2, 0) is 4.79 Å². The van der Waals surface area contributed by atoms with E-state index in [1.807, 2.05) is 0 Å². The van der Waals surface area contributed by atoms with Gasteiger partial charge in [-0.05, 0) is 36.4 Å². The number of fused-ring (bicyclic) bond motifs is 1. The second-order valence-electron chi connectivity index (χ2n) is 5.22. The van der Waals surface area contributed by atoms with Crippen molar-refractivity contribution >= 4 is 34.9 Å². The first-order chi connectivity index (χ1) is 12.1. The highest BCUT2D eigenvalue weighted by Crippen LogP contribution is 2.32. The number of carbonyl (C=O) groups excluding carboxylic acids is 2. The molecule has 130 valence electrons. The third-order valence-electron chi connectivity index (χ3n) is 3.34. The van der Waals surface area contributed by atoms with E-state index >= 15 is 0 Å². The van der Waals surface area contributed by atoms with Gasteiger partial charge >= 0.3 is 6.03 Å². The second-order valence-corrected chi connectivity index (χ2v) is 5.66. The lowest BCUT2D eigenvalue weighted by atomic mass is 10.2. The summed E-state index contributed by atoms with van der Waals surface area (Å²) in [6, 6.07) is 11.3. The van der Waals surface area contributed by atoms with Gasteiger partial charge in [0.2, 0.25) is 5.91 Å². The third kappa shape index (κ3) is 4.77. The number of rotatable bonds is 4. The van der Waals surface area contributed by atoms with E-state index in [0.717, 1.165) is 0 Å². The molecule has 0 atom stereocenters. The van der Waals surface area contributed by atoms with Crippen LogP contribution in [0.2, 0.25) is 5.02 Å². The monoisotopic (exact) mass is 361 g/mol. The van der Waals surface area contributed by atoms with Crippen LogP contribution in [-0.4, -0.2) is 31.7 Å². The van der Waals surface area contributed by atoms with E-state index in [1.165, 1.54) is 0 Å². The Labute approximate surface area is 149 Å². The Bertz CT molecular complexity index is 780. The molecule has 0 saturated carbocycles. The topological polar surface area (TPSA) is 88.7 Å². The van der Waals surface area contributed by atoms with Gasteiger partial charge in [-0.2, -0.15) is 0 Å². The summed E-state index contributed by atoms with van der Waals surface area (Å²) in [7, 11) is 0. The quantitative estimate of drug-likeness (QED) is 0.781. The number of hydrogen-bond acceptors (Lipinski definition) is 4. The molecule has 3 amide bonds. The van der Waals surface area contributed by atoms with Crippen LogP contribution in [0.4, 0.5) is 16.2 Å². The second kappa shape index (κ2) is 7.76. The summed E-state index contributed by atoms with van der Waals surface area (Å²) in [6.07, 6.45) is 0. The van der Waals surface area contributed by atoms with E-state index in [9.17, 15) is 9.59 Å². The standard InChI is InChI=1S/C17H16ClN3O4/c18-11-1-3-12(4-2-11)21-17(23)19-10-16(22)20-13-5-6-14-15(9-13)25-8-7-24-14/h1-6,9H,7-8,10H2,(H,20,22)(H2,19,21,23). The Morgan fingerprint density at radius 3 is 2.36 bits per heavy atom. The minimum Gasteiger partial charge on any atom is -0.486 e. The molecule has 0 unspecified atom stereocenters. The average molecular weight is 362 g/mol. The highest BCUT2D eigenvalue weighted by atomic mass is 35.5. The van der Waals surface area contributed by atoms with Crippen LogP contribution in [0.1, 0.15) is 0 Å². The number of anilines is 2. The van der Waals surface area contributed by atoms with Gasteiger partial charge in [0.15, 0.2) is 11.5 Å². The van der Waals surface area contributed by atoms with Crippen LogP contribution >= 0.6 is 11.6 Å². The summed E-state index contributed by atoms with van der Waals surface area (Å²) in [5.41, 5.74) is 1.14. The zero-order chi connectivity index (χ0) is 17.6. The molecule has 3 N–H and O–H groups in total. The SMILES string of the molecule is O=C(CNC(=O)Nc1ccc(Cl)cc1)Nc1ccc2c(c1)OCCO2.